The molecule has 0 saturated heterocycles. The van der Waals surface area contributed by atoms with Gasteiger partial charge >= 0.3 is 0 Å². The largest absolute Gasteiger partial charge is 0.385 e. The van der Waals surface area contributed by atoms with Gasteiger partial charge in [-0.15, -0.1) is 0 Å². The second kappa shape index (κ2) is 5.90. The Balaban J connectivity index is 1.55. The van der Waals surface area contributed by atoms with Crippen LogP contribution in [0.15, 0.2) is 36.5 Å². The number of nitrogens with zero attached hydrogens (tertiary/aromatic N) is 1. The Labute approximate surface area is 120 Å². The third-order valence-electron chi connectivity index (χ3n) is 4.29. The van der Waals surface area contributed by atoms with Gasteiger partial charge in [-0.2, -0.15) is 0 Å². The Bertz CT molecular complexity index is 578. The summed E-state index contributed by atoms with van der Waals surface area (Å²) < 4.78 is 5.20. The first-order chi connectivity index (χ1) is 9.81. The SMILES string of the molecule is COCCC1(CNCc2ccc3ncccc3c2)CC1. The van der Waals surface area contributed by atoms with Crippen molar-refractivity contribution >= 4 is 10.9 Å². The lowest BCUT2D eigenvalue weighted by Crippen LogP contribution is -2.24. The molecule has 0 spiro atoms. The lowest BCUT2D eigenvalue weighted by Gasteiger charge is -2.15. The van der Waals surface area contributed by atoms with Gasteiger partial charge in [-0.05, 0) is 48.4 Å². The summed E-state index contributed by atoms with van der Waals surface area (Å²) in [6, 6.07) is 10.6. The van der Waals surface area contributed by atoms with Crippen LogP contribution >= 0.6 is 0 Å². The highest BCUT2D eigenvalue weighted by Gasteiger charge is 2.41. The molecule has 20 heavy (non-hydrogen) atoms. The predicted octanol–water partition coefficient (Wildman–Crippen LogP) is 3.14. The van der Waals surface area contributed by atoms with Crippen LogP contribution in [0.5, 0.6) is 0 Å². The van der Waals surface area contributed by atoms with Crippen LogP contribution < -0.4 is 5.32 Å². The Morgan fingerprint density at radius 3 is 3.00 bits per heavy atom. The molecule has 3 heteroatoms. The summed E-state index contributed by atoms with van der Waals surface area (Å²) in [5, 5.41) is 4.82. The molecular weight excluding hydrogens is 248 g/mol. The zero-order valence-electron chi connectivity index (χ0n) is 12.1. The summed E-state index contributed by atoms with van der Waals surface area (Å²) in [6.45, 7) is 2.91. The maximum Gasteiger partial charge on any atom is 0.0702 e. The van der Waals surface area contributed by atoms with E-state index < -0.39 is 0 Å². The predicted molar refractivity (Wildman–Crippen MR) is 81.6 cm³/mol. The van der Waals surface area contributed by atoms with E-state index in [0.29, 0.717) is 5.41 Å². The van der Waals surface area contributed by atoms with E-state index in [1.54, 1.807) is 7.11 Å². The van der Waals surface area contributed by atoms with Crippen LogP contribution in [0.4, 0.5) is 0 Å². The maximum absolute atomic E-state index is 5.20. The van der Waals surface area contributed by atoms with E-state index in [1.165, 1.54) is 30.2 Å². The van der Waals surface area contributed by atoms with Crippen molar-refractivity contribution in [1.29, 1.82) is 0 Å². The first-order valence-electron chi connectivity index (χ1n) is 7.35. The molecule has 1 heterocycles. The summed E-state index contributed by atoms with van der Waals surface area (Å²) in [6.07, 6.45) is 5.70. The van der Waals surface area contributed by atoms with Crippen molar-refractivity contribution in [2.45, 2.75) is 25.8 Å². The summed E-state index contributed by atoms with van der Waals surface area (Å²) in [5.41, 5.74) is 2.90. The molecule has 0 unspecified atom stereocenters. The van der Waals surface area contributed by atoms with Gasteiger partial charge in [-0.25, -0.2) is 0 Å². The summed E-state index contributed by atoms with van der Waals surface area (Å²) >= 11 is 0. The van der Waals surface area contributed by atoms with E-state index >= 15 is 0 Å². The smallest absolute Gasteiger partial charge is 0.0702 e. The molecule has 0 radical (unpaired) electrons. The van der Waals surface area contributed by atoms with Crippen molar-refractivity contribution in [2.24, 2.45) is 5.41 Å². The second-order valence-corrected chi connectivity index (χ2v) is 5.88. The van der Waals surface area contributed by atoms with E-state index in [9.17, 15) is 0 Å². The lowest BCUT2D eigenvalue weighted by molar-refractivity contribution is 0.171. The summed E-state index contributed by atoms with van der Waals surface area (Å²) in [5.74, 6) is 0. The van der Waals surface area contributed by atoms with Gasteiger partial charge < -0.3 is 10.1 Å². The maximum atomic E-state index is 5.20. The standard InChI is InChI=1S/C17H22N2O/c1-20-10-8-17(6-7-17)13-18-12-14-4-5-16-15(11-14)3-2-9-19-16/h2-5,9,11,18H,6-8,10,12-13H2,1H3. The van der Waals surface area contributed by atoms with Crippen molar-refractivity contribution in [3.63, 3.8) is 0 Å². The molecule has 1 N–H and O–H groups in total. The molecule has 2 aromatic rings. The molecule has 0 bridgehead atoms. The molecule has 106 valence electrons. The average Bonchev–Trinajstić information content (AvgIpc) is 3.25. The molecule has 0 amide bonds. The van der Waals surface area contributed by atoms with Gasteiger partial charge in [-0.1, -0.05) is 12.1 Å². The van der Waals surface area contributed by atoms with E-state index in [-0.39, 0.29) is 0 Å². The fourth-order valence-electron chi connectivity index (χ4n) is 2.72. The van der Waals surface area contributed by atoms with E-state index in [2.05, 4.69) is 34.6 Å². The van der Waals surface area contributed by atoms with E-state index in [1.807, 2.05) is 12.3 Å². The van der Waals surface area contributed by atoms with Crippen molar-refractivity contribution < 1.29 is 4.74 Å². The quantitative estimate of drug-likeness (QED) is 0.839. The molecular formula is C17H22N2O. The zero-order chi connectivity index (χ0) is 13.8. The van der Waals surface area contributed by atoms with Crippen molar-refractivity contribution in [3.05, 3.63) is 42.1 Å². The first kappa shape index (κ1) is 13.5. The normalized spacial score (nSPS) is 16.4. The first-order valence-corrected chi connectivity index (χ1v) is 7.35. The van der Waals surface area contributed by atoms with Gasteiger partial charge in [0.15, 0.2) is 0 Å². The number of hydrogen-bond donors (Lipinski definition) is 1. The Morgan fingerprint density at radius 2 is 2.20 bits per heavy atom. The molecule has 1 aromatic heterocycles. The molecule has 1 fully saturated rings. The highest BCUT2D eigenvalue weighted by Crippen LogP contribution is 2.48. The van der Waals surface area contributed by atoms with Crippen molar-refractivity contribution in [3.8, 4) is 0 Å². The highest BCUT2D eigenvalue weighted by atomic mass is 16.5. The van der Waals surface area contributed by atoms with Gasteiger partial charge in [-0.3, -0.25) is 4.98 Å². The molecule has 1 saturated carbocycles. The average molecular weight is 270 g/mol. The Morgan fingerprint density at radius 1 is 1.30 bits per heavy atom. The molecule has 0 aliphatic heterocycles. The third-order valence-corrected chi connectivity index (χ3v) is 4.29. The zero-order valence-corrected chi connectivity index (χ0v) is 12.1. The molecule has 3 nitrogen and oxygen atoms in total. The number of pyridine rings is 1. The van der Waals surface area contributed by atoms with Crippen LogP contribution in [0.2, 0.25) is 0 Å². The lowest BCUT2D eigenvalue weighted by atomic mass is 10.0. The fraction of sp³-hybridized carbons (Fsp3) is 0.471. The highest BCUT2D eigenvalue weighted by molar-refractivity contribution is 5.78. The Kier molecular flexibility index (Phi) is 3.99. The number of aromatic nitrogens is 1. The third kappa shape index (κ3) is 3.17. The monoisotopic (exact) mass is 270 g/mol. The fourth-order valence-corrected chi connectivity index (χ4v) is 2.72. The number of fused-ring (bicyclic) bond motifs is 1. The van der Waals surface area contributed by atoms with Gasteiger partial charge in [0.05, 0.1) is 5.52 Å². The summed E-state index contributed by atoms with van der Waals surface area (Å²) in [4.78, 5) is 4.35. The molecule has 0 atom stereocenters. The van der Waals surface area contributed by atoms with Crippen LogP contribution in [0.25, 0.3) is 10.9 Å². The van der Waals surface area contributed by atoms with Crippen LogP contribution in [0.1, 0.15) is 24.8 Å². The minimum Gasteiger partial charge on any atom is -0.385 e. The number of methoxy groups -OCH3 is 1. The van der Waals surface area contributed by atoms with Gasteiger partial charge in [0.25, 0.3) is 0 Å². The van der Waals surface area contributed by atoms with Crippen LogP contribution in [-0.4, -0.2) is 25.2 Å². The van der Waals surface area contributed by atoms with Crippen LogP contribution in [-0.2, 0) is 11.3 Å². The minimum atomic E-state index is 0.508. The van der Waals surface area contributed by atoms with Crippen molar-refractivity contribution in [2.75, 3.05) is 20.3 Å². The summed E-state index contributed by atoms with van der Waals surface area (Å²) in [7, 11) is 1.78. The van der Waals surface area contributed by atoms with Crippen LogP contribution in [0, 0.1) is 5.41 Å². The van der Waals surface area contributed by atoms with E-state index in [4.69, 9.17) is 4.74 Å². The number of ether oxygens (including phenoxy) is 1. The molecule has 3 rings (SSSR count). The van der Waals surface area contributed by atoms with Crippen LogP contribution in [0.3, 0.4) is 0 Å². The van der Waals surface area contributed by atoms with E-state index in [0.717, 1.165) is 25.2 Å². The van der Waals surface area contributed by atoms with Crippen molar-refractivity contribution in [1.82, 2.24) is 10.3 Å². The van der Waals surface area contributed by atoms with Gasteiger partial charge in [0.1, 0.15) is 0 Å². The Hall–Kier alpha value is -1.45. The number of nitrogens with one attached hydrogen (secondary N) is 1. The topological polar surface area (TPSA) is 34.1 Å². The number of benzene rings is 1. The molecule has 1 aliphatic rings. The molecule has 1 aliphatic carbocycles. The number of rotatable bonds is 7. The molecule has 1 aromatic carbocycles. The second-order valence-electron chi connectivity index (χ2n) is 5.88. The minimum absolute atomic E-state index is 0.508. The van der Waals surface area contributed by atoms with Gasteiger partial charge in [0, 0.05) is 38.4 Å². The number of hydrogen-bond acceptors (Lipinski definition) is 3. The van der Waals surface area contributed by atoms with Gasteiger partial charge in [0.2, 0.25) is 0 Å².